The van der Waals surface area contributed by atoms with E-state index in [1.54, 1.807) is 35.7 Å². The van der Waals surface area contributed by atoms with Crippen LogP contribution in [0.4, 0.5) is 0 Å². The first-order valence-corrected chi connectivity index (χ1v) is 9.44. The van der Waals surface area contributed by atoms with E-state index in [1.807, 2.05) is 29.6 Å². The number of nitriles is 1. The van der Waals surface area contributed by atoms with Crippen LogP contribution in [0.5, 0.6) is 0 Å². The number of nitrogens with zero attached hydrogens (tertiary/aromatic N) is 2. The van der Waals surface area contributed by atoms with Gasteiger partial charge in [0.1, 0.15) is 6.07 Å². The molecule has 0 amide bonds. The van der Waals surface area contributed by atoms with E-state index in [2.05, 4.69) is 9.71 Å². The molecule has 0 atom stereocenters. The smallest absolute Gasteiger partial charge is 0.242 e. The van der Waals surface area contributed by atoms with Crippen LogP contribution in [-0.2, 0) is 16.6 Å². The predicted molar refractivity (Wildman–Crippen MR) is 92.7 cm³/mol. The number of hydrogen-bond donors (Lipinski definition) is 1. The lowest BCUT2D eigenvalue weighted by molar-refractivity contribution is 0.581. The zero-order valence-corrected chi connectivity index (χ0v) is 14.1. The summed E-state index contributed by atoms with van der Waals surface area (Å²) in [7, 11) is -3.78. The fourth-order valence-electron chi connectivity index (χ4n) is 2.26. The maximum atomic E-state index is 12.5. The molecule has 1 N–H and O–H groups in total. The monoisotopic (exact) mass is 355 g/mol. The molecule has 5 nitrogen and oxygen atoms in total. The van der Waals surface area contributed by atoms with Crippen molar-refractivity contribution in [3.63, 3.8) is 0 Å². The number of pyridine rings is 1. The van der Waals surface area contributed by atoms with E-state index in [0.29, 0.717) is 0 Å². The average molecular weight is 355 g/mol. The Labute approximate surface area is 144 Å². The minimum Gasteiger partial charge on any atom is -0.255 e. The van der Waals surface area contributed by atoms with E-state index >= 15 is 0 Å². The third kappa shape index (κ3) is 3.36. The standard InChI is InChI=1S/C17H13N3O2S2/c18-11-13-5-1-2-8-16(13)24(21,22)20-12-14-6-3-9-19-17(14)15-7-4-10-23-15/h1-10,20H,12H2. The quantitative estimate of drug-likeness (QED) is 0.762. The molecule has 120 valence electrons. The van der Waals surface area contributed by atoms with E-state index in [0.717, 1.165) is 16.1 Å². The van der Waals surface area contributed by atoms with Gasteiger partial charge in [-0.05, 0) is 35.2 Å². The van der Waals surface area contributed by atoms with Crippen LogP contribution in [0.3, 0.4) is 0 Å². The number of hydrogen-bond acceptors (Lipinski definition) is 5. The lowest BCUT2D eigenvalue weighted by Gasteiger charge is -2.10. The Morgan fingerprint density at radius 3 is 2.71 bits per heavy atom. The Morgan fingerprint density at radius 2 is 1.96 bits per heavy atom. The van der Waals surface area contributed by atoms with Crippen molar-refractivity contribution in [2.24, 2.45) is 0 Å². The summed E-state index contributed by atoms with van der Waals surface area (Å²) in [5, 5.41) is 11.0. The van der Waals surface area contributed by atoms with Crippen molar-refractivity contribution in [2.75, 3.05) is 0 Å². The summed E-state index contributed by atoms with van der Waals surface area (Å²) in [6.07, 6.45) is 1.68. The first kappa shape index (κ1) is 16.3. The molecule has 0 aliphatic rings. The Hall–Kier alpha value is -2.53. The highest BCUT2D eigenvalue weighted by molar-refractivity contribution is 7.89. The Kier molecular flexibility index (Phi) is 4.71. The van der Waals surface area contributed by atoms with Gasteiger partial charge in [-0.15, -0.1) is 11.3 Å². The molecular weight excluding hydrogens is 342 g/mol. The third-order valence-electron chi connectivity index (χ3n) is 3.40. The normalized spacial score (nSPS) is 11.1. The van der Waals surface area contributed by atoms with Crippen LogP contribution in [0.2, 0.25) is 0 Å². The van der Waals surface area contributed by atoms with Crippen LogP contribution in [0.15, 0.2) is 65.0 Å². The van der Waals surface area contributed by atoms with Crippen LogP contribution in [0.25, 0.3) is 10.6 Å². The number of aromatic nitrogens is 1. The highest BCUT2D eigenvalue weighted by atomic mass is 32.2. The van der Waals surface area contributed by atoms with Crippen LogP contribution in [-0.4, -0.2) is 13.4 Å². The molecular formula is C17H13N3O2S2. The molecule has 0 fully saturated rings. The molecule has 2 aromatic heterocycles. The molecule has 2 heterocycles. The van der Waals surface area contributed by atoms with Crippen LogP contribution < -0.4 is 4.72 Å². The molecule has 0 aliphatic heterocycles. The Morgan fingerprint density at radius 1 is 1.12 bits per heavy atom. The van der Waals surface area contributed by atoms with Crippen LogP contribution >= 0.6 is 11.3 Å². The first-order chi connectivity index (χ1) is 11.6. The van der Waals surface area contributed by atoms with Gasteiger partial charge in [0.05, 0.1) is 21.0 Å². The van der Waals surface area contributed by atoms with Crippen molar-refractivity contribution in [2.45, 2.75) is 11.4 Å². The third-order valence-corrected chi connectivity index (χ3v) is 5.73. The van der Waals surface area contributed by atoms with Crippen molar-refractivity contribution in [1.82, 2.24) is 9.71 Å². The number of rotatable bonds is 5. The Balaban J connectivity index is 1.88. The predicted octanol–water partition coefficient (Wildman–Crippen LogP) is 3.16. The van der Waals surface area contributed by atoms with Gasteiger partial charge in [-0.2, -0.15) is 5.26 Å². The second kappa shape index (κ2) is 6.93. The van der Waals surface area contributed by atoms with Gasteiger partial charge in [0.15, 0.2) is 0 Å². The highest BCUT2D eigenvalue weighted by Gasteiger charge is 2.18. The SMILES string of the molecule is N#Cc1ccccc1S(=O)(=O)NCc1cccnc1-c1cccs1. The van der Waals surface area contributed by atoms with Crippen molar-refractivity contribution in [1.29, 1.82) is 5.26 Å². The summed E-state index contributed by atoms with van der Waals surface area (Å²) >= 11 is 1.54. The fraction of sp³-hybridized carbons (Fsp3) is 0.0588. The zero-order chi connectivity index (χ0) is 17.0. The largest absolute Gasteiger partial charge is 0.255 e. The number of thiophene rings is 1. The molecule has 0 aliphatic carbocycles. The Bertz CT molecular complexity index is 991. The molecule has 1 aromatic carbocycles. The molecule has 0 unspecified atom stereocenters. The summed E-state index contributed by atoms with van der Waals surface area (Å²) < 4.78 is 27.6. The van der Waals surface area contributed by atoms with Crippen LogP contribution in [0, 0.1) is 11.3 Å². The van der Waals surface area contributed by atoms with Crippen molar-refractivity contribution >= 4 is 21.4 Å². The maximum Gasteiger partial charge on any atom is 0.242 e. The van der Waals surface area contributed by atoms with Crippen molar-refractivity contribution in [3.05, 3.63) is 71.2 Å². The van der Waals surface area contributed by atoms with Crippen LogP contribution in [0.1, 0.15) is 11.1 Å². The lowest BCUT2D eigenvalue weighted by Crippen LogP contribution is -2.24. The molecule has 0 saturated carbocycles. The zero-order valence-electron chi connectivity index (χ0n) is 12.5. The first-order valence-electron chi connectivity index (χ1n) is 7.08. The molecule has 3 aromatic rings. The average Bonchev–Trinajstić information content (AvgIpc) is 3.15. The van der Waals surface area contributed by atoms with E-state index in [-0.39, 0.29) is 17.0 Å². The molecule has 3 rings (SSSR count). The molecule has 0 bridgehead atoms. The maximum absolute atomic E-state index is 12.5. The molecule has 0 radical (unpaired) electrons. The minimum atomic E-state index is -3.78. The van der Waals surface area contributed by atoms with Gasteiger partial charge >= 0.3 is 0 Å². The van der Waals surface area contributed by atoms with Gasteiger partial charge < -0.3 is 0 Å². The lowest BCUT2D eigenvalue weighted by atomic mass is 10.2. The van der Waals surface area contributed by atoms with Gasteiger partial charge in [-0.3, -0.25) is 4.98 Å². The number of sulfonamides is 1. The van der Waals surface area contributed by atoms with Gasteiger partial charge in [-0.25, -0.2) is 13.1 Å². The van der Waals surface area contributed by atoms with Gasteiger partial charge in [0, 0.05) is 12.7 Å². The summed E-state index contributed by atoms with van der Waals surface area (Å²) in [6.45, 7) is 0.100. The molecule has 24 heavy (non-hydrogen) atoms. The van der Waals surface area contributed by atoms with Gasteiger partial charge in [0.2, 0.25) is 10.0 Å². The fourth-order valence-corrected chi connectivity index (χ4v) is 4.18. The van der Waals surface area contributed by atoms with Crippen molar-refractivity contribution < 1.29 is 8.42 Å². The second-order valence-corrected chi connectivity index (χ2v) is 7.60. The number of benzene rings is 1. The summed E-state index contributed by atoms with van der Waals surface area (Å²) in [5.74, 6) is 0. The van der Waals surface area contributed by atoms with E-state index in [4.69, 9.17) is 5.26 Å². The van der Waals surface area contributed by atoms with E-state index in [1.165, 1.54) is 12.1 Å². The summed E-state index contributed by atoms with van der Waals surface area (Å²) in [6, 6.07) is 15.5. The van der Waals surface area contributed by atoms with E-state index in [9.17, 15) is 8.42 Å². The van der Waals surface area contributed by atoms with Crippen molar-refractivity contribution in [3.8, 4) is 16.6 Å². The van der Waals surface area contributed by atoms with E-state index < -0.39 is 10.0 Å². The number of nitrogens with one attached hydrogen (secondary N) is 1. The summed E-state index contributed by atoms with van der Waals surface area (Å²) in [4.78, 5) is 5.31. The molecule has 0 spiro atoms. The topological polar surface area (TPSA) is 82.8 Å². The summed E-state index contributed by atoms with van der Waals surface area (Å²) in [5.41, 5.74) is 1.65. The second-order valence-electron chi connectivity index (χ2n) is 4.92. The minimum absolute atomic E-state index is 0.0194. The molecule has 0 saturated heterocycles. The van der Waals surface area contributed by atoms with Gasteiger partial charge in [-0.1, -0.05) is 24.3 Å². The highest BCUT2D eigenvalue weighted by Crippen LogP contribution is 2.26. The van der Waals surface area contributed by atoms with Gasteiger partial charge in [0.25, 0.3) is 0 Å². The molecule has 7 heteroatoms.